The summed E-state index contributed by atoms with van der Waals surface area (Å²) < 4.78 is 4.81. The highest BCUT2D eigenvalue weighted by atomic mass is 16.6. The van der Waals surface area contributed by atoms with Gasteiger partial charge in [-0.05, 0) is 0 Å². The molecule has 1 saturated heterocycles. The molecule has 1 unspecified atom stereocenters. The van der Waals surface area contributed by atoms with Crippen molar-refractivity contribution in [3.05, 3.63) is 0 Å². The van der Waals surface area contributed by atoms with E-state index in [9.17, 15) is 20.1 Å². The van der Waals surface area contributed by atoms with Crippen LogP contribution < -0.4 is 5.32 Å². The average Bonchev–Trinajstić information content (AvgIpc) is 2.28. The molecule has 8 N–H and O–H groups in total. The van der Waals surface area contributed by atoms with E-state index in [4.69, 9.17) is 24.9 Å². The third-order valence-corrected chi connectivity index (χ3v) is 2.27. The van der Waals surface area contributed by atoms with Gasteiger partial charge in [0.2, 0.25) is 5.91 Å². The first-order chi connectivity index (χ1) is 8.70. The van der Waals surface area contributed by atoms with Crippen LogP contribution in [0.3, 0.4) is 0 Å². The van der Waals surface area contributed by atoms with Crippen molar-refractivity contribution >= 4 is 13.2 Å². The topological polar surface area (TPSA) is 180 Å². The fourth-order valence-electron chi connectivity index (χ4n) is 1.49. The third kappa shape index (κ3) is 6.27. The molecular weight excluding hydrogens is 265 g/mol. The normalized spacial score (nSPS) is 34.0. The number of carbonyl (C=O) groups excluding carboxylic acids is 1. The molecule has 112 valence electrons. The Labute approximate surface area is 109 Å². The van der Waals surface area contributed by atoms with Crippen LogP contribution in [0, 0.1) is 0 Å². The Morgan fingerprint density at radius 2 is 1.68 bits per heavy atom. The average molecular weight is 283 g/mol. The van der Waals surface area contributed by atoms with Crippen molar-refractivity contribution in [1.29, 1.82) is 0 Å². The monoisotopic (exact) mass is 283 g/mol. The minimum atomic E-state index is -2.17. The Morgan fingerprint density at radius 1 is 1.21 bits per heavy atom. The minimum Gasteiger partial charge on any atom is -0.402 e. The van der Waals surface area contributed by atoms with Gasteiger partial charge in [0.05, 0.1) is 6.61 Å². The molecule has 1 heterocycles. The number of ether oxygens (including phenoxy) is 1. The maximum absolute atomic E-state index is 10.7. The van der Waals surface area contributed by atoms with Crippen molar-refractivity contribution < 1.29 is 45.0 Å². The van der Waals surface area contributed by atoms with Crippen molar-refractivity contribution in [3.63, 3.8) is 0 Å². The fourth-order valence-corrected chi connectivity index (χ4v) is 1.49. The van der Waals surface area contributed by atoms with Crippen molar-refractivity contribution in [1.82, 2.24) is 5.32 Å². The van der Waals surface area contributed by atoms with E-state index in [0.29, 0.717) is 0 Å². The summed E-state index contributed by atoms with van der Waals surface area (Å²) in [5.41, 5.74) is 0. The van der Waals surface area contributed by atoms with Gasteiger partial charge in [0.1, 0.15) is 24.4 Å². The van der Waals surface area contributed by atoms with Gasteiger partial charge in [0.15, 0.2) is 6.29 Å². The van der Waals surface area contributed by atoms with E-state index in [2.05, 4.69) is 5.32 Å². The standard InChI is InChI=1S/C8H15NO6.BH3O3/c1-3(11)9-5-7(13)6(12)4(2-10)15-8(5)14;2-1(3)4/h4-8,10,12-14H,2H2,1H3,(H,9,11);2-4H/t4-,5-,6-,7-,8?;/m1./s1. The number of aliphatic hydroxyl groups is 4. The maximum Gasteiger partial charge on any atom is 0.631 e. The van der Waals surface area contributed by atoms with Crippen molar-refractivity contribution in [2.75, 3.05) is 6.61 Å². The summed E-state index contributed by atoms with van der Waals surface area (Å²) >= 11 is 0. The lowest BCUT2D eigenvalue weighted by Gasteiger charge is -2.40. The number of nitrogens with one attached hydrogen (secondary N) is 1. The summed E-state index contributed by atoms with van der Waals surface area (Å²) in [6, 6.07) is -1.10. The van der Waals surface area contributed by atoms with Crippen LogP contribution in [0.5, 0.6) is 0 Å². The molecule has 0 radical (unpaired) electrons. The number of aliphatic hydroxyl groups excluding tert-OH is 4. The first kappa shape index (κ1) is 18.2. The molecule has 1 aliphatic rings. The highest BCUT2D eigenvalue weighted by Gasteiger charge is 2.43. The summed E-state index contributed by atoms with van der Waals surface area (Å²) in [5, 5.41) is 60.9. The molecular formula is C8H18BNO9. The third-order valence-electron chi connectivity index (χ3n) is 2.27. The first-order valence-corrected chi connectivity index (χ1v) is 5.32. The quantitative estimate of drug-likeness (QED) is 0.230. The van der Waals surface area contributed by atoms with Crippen LogP contribution in [0.15, 0.2) is 0 Å². The van der Waals surface area contributed by atoms with Crippen LogP contribution >= 0.6 is 0 Å². The van der Waals surface area contributed by atoms with Gasteiger partial charge in [-0.2, -0.15) is 0 Å². The number of hydrogen-bond acceptors (Lipinski definition) is 9. The van der Waals surface area contributed by atoms with E-state index in [1.807, 2.05) is 0 Å². The van der Waals surface area contributed by atoms with E-state index >= 15 is 0 Å². The molecule has 0 bridgehead atoms. The van der Waals surface area contributed by atoms with Crippen LogP contribution in [0.1, 0.15) is 6.92 Å². The highest BCUT2D eigenvalue weighted by molar-refractivity contribution is 6.30. The van der Waals surface area contributed by atoms with Crippen molar-refractivity contribution in [2.24, 2.45) is 0 Å². The van der Waals surface area contributed by atoms with E-state index in [0.717, 1.165) is 0 Å². The second kappa shape index (κ2) is 8.40. The molecule has 1 rings (SSSR count). The lowest BCUT2D eigenvalue weighted by molar-refractivity contribution is -0.253. The van der Waals surface area contributed by atoms with Gasteiger partial charge in [-0.3, -0.25) is 4.79 Å². The van der Waals surface area contributed by atoms with Gasteiger partial charge in [-0.1, -0.05) is 0 Å². The first-order valence-electron chi connectivity index (χ1n) is 5.32. The van der Waals surface area contributed by atoms with Crippen LogP contribution in [-0.2, 0) is 9.53 Å². The van der Waals surface area contributed by atoms with Gasteiger partial charge >= 0.3 is 7.32 Å². The number of rotatable bonds is 2. The fraction of sp³-hybridized carbons (Fsp3) is 0.875. The van der Waals surface area contributed by atoms with Crippen LogP contribution in [0.25, 0.3) is 0 Å². The summed E-state index contributed by atoms with van der Waals surface area (Å²) in [6.07, 6.45) is -5.24. The molecule has 0 spiro atoms. The van der Waals surface area contributed by atoms with E-state index in [1.54, 1.807) is 0 Å². The van der Waals surface area contributed by atoms with Gasteiger partial charge in [-0.25, -0.2) is 0 Å². The predicted molar refractivity (Wildman–Crippen MR) is 60.0 cm³/mol. The largest absolute Gasteiger partial charge is 0.631 e. The number of hydrogen-bond donors (Lipinski definition) is 8. The highest BCUT2D eigenvalue weighted by Crippen LogP contribution is 2.19. The summed E-state index contributed by atoms with van der Waals surface area (Å²) in [4.78, 5) is 10.7. The zero-order valence-electron chi connectivity index (χ0n) is 10.1. The SMILES string of the molecule is CC(=O)N[C@H]1C(O)O[C@H](CO)[C@@H](O)[C@@H]1O.OB(O)O. The Kier molecular flexibility index (Phi) is 8.05. The second-order valence-electron chi connectivity index (χ2n) is 3.80. The zero-order valence-corrected chi connectivity index (χ0v) is 10.1. The smallest absolute Gasteiger partial charge is 0.402 e. The van der Waals surface area contributed by atoms with Gasteiger partial charge < -0.3 is 45.6 Å². The minimum absolute atomic E-state index is 0.462. The van der Waals surface area contributed by atoms with E-state index < -0.39 is 50.5 Å². The molecule has 0 aliphatic carbocycles. The van der Waals surface area contributed by atoms with Crippen molar-refractivity contribution in [2.45, 2.75) is 37.6 Å². The Morgan fingerprint density at radius 3 is 2.05 bits per heavy atom. The lowest BCUT2D eigenvalue weighted by atomic mass is 9.97. The van der Waals surface area contributed by atoms with Gasteiger partial charge in [0.25, 0.3) is 0 Å². The Bertz CT molecular complexity index is 276. The van der Waals surface area contributed by atoms with Crippen molar-refractivity contribution in [3.8, 4) is 0 Å². The van der Waals surface area contributed by atoms with E-state index in [1.165, 1.54) is 6.92 Å². The zero-order chi connectivity index (χ0) is 15.2. The van der Waals surface area contributed by atoms with Crippen LogP contribution in [0.4, 0.5) is 0 Å². The van der Waals surface area contributed by atoms with Crippen LogP contribution in [0.2, 0.25) is 0 Å². The molecule has 0 saturated carbocycles. The maximum atomic E-state index is 10.7. The van der Waals surface area contributed by atoms with Crippen LogP contribution in [-0.4, -0.2) is 86.0 Å². The summed E-state index contributed by atoms with van der Waals surface area (Å²) in [6.45, 7) is 0.687. The molecule has 11 heteroatoms. The van der Waals surface area contributed by atoms with Gasteiger partial charge in [-0.15, -0.1) is 0 Å². The van der Waals surface area contributed by atoms with E-state index in [-0.39, 0.29) is 0 Å². The Balaban J connectivity index is 0.000000711. The molecule has 0 aromatic heterocycles. The molecule has 1 amide bonds. The summed E-state index contributed by atoms with van der Waals surface area (Å²) in [5.74, 6) is -0.462. The molecule has 10 nitrogen and oxygen atoms in total. The molecule has 0 aromatic rings. The number of amides is 1. The summed E-state index contributed by atoms with van der Waals surface area (Å²) in [7, 11) is -2.17. The molecule has 5 atom stereocenters. The van der Waals surface area contributed by atoms with Gasteiger partial charge in [0, 0.05) is 6.92 Å². The molecule has 1 fully saturated rings. The molecule has 0 aromatic carbocycles. The molecule has 1 aliphatic heterocycles. The molecule has 19 heavy (non-hydrogen) atoms. The Hall–Kier alpha value is -0.785. The lowest BCUT2D eigenvalue weighted by Crippen LogP contribution is -2.63. The predicted octanol–water partition coefficient (Wildman–Crippen LogP) is -5.13. The number of carbonyl (C=O) groups is 1. The second-order valence-corrected chi connectivity index (χ2v) is 3.80.